The lowest BCUT2D eigenvalue weighted by Gasteiger charge is -2.06. The van der Waals surface area contributed by atoms with Gasteiger partial charge in [0.25, 0.3) is 5.91 Å². The molecule has 0 unspecified atom stereocenters. The van der Waals surface area contributed by atoms with E-state index in [4.69, 9.17) is 11.6 Å². The molecule has 1 aromatic rings. The lowest BCUT2D eigenvalue weighted by Crippen LogP contribution is -2.11. The number of nitrogens with zero attached hydrogens (tertiary/aromatic N) is 1. The molecule has 0 saturated carbocycles. The van der Waals surface area contributed by atoms with Crippen molar-refractivity contribution in [2.45, 2.75) is 6.92 Å². The number of nitrogens with one attached hydrogen (secondary N) is 1. The molecule has 3 nitrogen and oxygen atoms in total. The van der Waals surface area contributed by atoms with Gasteiger partial charge in [-0.2, -0.15) is 0 Å². The number of rotatable bonds is 2. The van der Waals surface area contributed by atoms with Crippen LogP contribution in [0.5, 0.6) is 0 Å². The van der Waals surface area contributed by atoms with Crippen LogP contribution in [0.1, 0.15) is 5.56 Å². The van der Waals surface area contributed by atoms with Crippen LogP contribution in [0.2, 0.25) is 0 Å². The van der Waals surface area contributed by atoms with Gasteiger partial charge in [0.15, 0.2) is 0 Å². The molecule has 0 aliphatic rings. The van der Waals surface area contributed by atoms with Crippen molar-refractivity contribution in [3.8, 4) is 0 Å². The molecule has 0 aliphatic carbocycles. The van der Waals surface area contributed by atoms with E-state index in [1.165, 1.54) is 0 Å². The van der Waals surface area contributed by atoms with Crippen LogP contribution >= 0.6 is 27.5 Å². The molecule has 0 bridgehead atoms. The fourth-order valence-electron chi connectivity index (χ4n) is 0.830. The first-order valence-electron chi connectivity index (χ1n) is 3.78. The number of hydrogen-bond donors (Lipinski definition) is 1. The van der Waals surface area contributed by atoms with Gasteiger partial charge in [-0.25, -0.2) is 4.98 Å². The normalized spacial score (nSPS) is 9.64. The van der Waals surface area contributed by atoms with Gasteiger partial charge < -0.3 is 5.32 Å². The Kier molecular flexibility index (Phi) is 3.66. The molecule has 0 aromatic carbocycles. The Morgan fingerprint density at radius 3 is 2.93 bits per heavy atom. The average Bonchev–Trinajstić information content (AvgIpc) is 2.11. The van der Waals surface area contributed by atoms with Gasteiger partial charge in [0.2, 0.25) is 0 Å². The van der Waals surface area contributed by atoms with E-state index >= 15 is 0 Å². The number of halogens is 2. The van der Waals surface area contributed by atoms with Crippen molar-refractivity contribution in [1.82, 2.24) is 4.98 Å². The Morgan fingerprint density at radius 1 is 1.71 bits per heavy atom. The van der Waals surface area contributed by atoms with Crippen molar-refractivity contribution in [3.05, 3.63) is 34.0 Å². The van der Waals surface area contributed by atoms with Crippen molar-refractivity contribution in [1.29, 1.82) is 0 Å². The number of hydrogen-bond acceptors (Lipinski definition) is 2. The zero-order chi connectivity index (χ0) is 10.7. The molecule has 1 amide bonds. The number of pyridine rings is 1. The average molecular weight is 276 g/mol. The van der Waals surface area contributed by atoms with E-state index in [0.29, 0.717) is 10.3 Å². The number of aryl methyl sites for hydroxylation is 1. The van der Waals surface area contributed by atoms with Crippen LogP contribution in [0.3, 0.4) is 0 Å². The van der Waals surface area contributed by atoms with E-state index in [2.05, 4.69) is 32.8 Å². The highest BCUT2D eigenvalue weighted by molar-refractivity contribution is 9.10. The molecular formula is C9H8BrClN2O. The highest BCUT2D eigenvalue weighted by Gasteiger charge is 2.07. The first kappa shape index (κ1) is 11.2. The minimum atomic E-state index is -0.431. The molecular weight excluding hydrogens is 267 g/mol. The quantitative estimate of drug-likeness (QED) is 0.666. The molecule has 0 aliphatic heterocycles. The van der Waals surface area contributed by atoms with Gasteiger partial charge in [-0.3, -0.25) is 4.79 Å². The van der Waals surface area contributed by atoms with Crippen molar-refractivity contribution in [2.75, 3.05) is 5.32 Å². The summed E-state index contributed by atoms with van der Waals surface area (Å²) in [7, 11) is 0. The molecule has 1 heterocycles. The monoisotopic (exact) mass is 274 g/mol. The molecule has 0 fully saturated rings. The highest BCUT2D eigenvalue weighted by atomic mass is 79.9. The lowest BCUT2D eigenvalue weighted by molar-refractivity contribution is -0.112. The van der Waals surface area contributed by atoms with E-state index in [1.54, 1.807) is 12.3 Å². The molecule has 0 atom stereocenters. The summed E-state index contributed by atoms with van der Waals surface area (Å²) in [5.74, 6) is -0.431. The maximum absolute atomic E-state index is 11.2. The van der Waals surface area contributed by atoms with Crippen molar-refractivity contribution in [2.24, 2.45) is 0 Å². The highest BCUT2D eigenvalue weighted by Crippen LogP contribution is 2.21. The smallest absolute Gasteiger partial charge is 0.266 e. The van der Waals surface area contributed by atoms with Crippen molar-refractivity contribution in [3.63, 3.8) is 0 Å². The molecule has 5 heteroatoms. The van der Waals surface area contributed by atoms with E-state index in [0.717, 1.165) is 5.56 Å². The number of carbonyl (C=O) groups excluding carboxylic acids is 1. The van der Waals surface area contributed by atoms with Crippen molar-refractivity contribution >= 4 is 39.1 Å². The molecule has 74 valence electrons. The molecule has 1 N–H and O–H groups in total. The first-order valence-corrected chi connectivity index (χ1v) is 4.95. The third-order valence-electron chi connectivity index (χ3n) is 1.47. The molecule has 1 aromatic heterocycles. The van der Waals surface area contributed by atoms with E-state index in [1.807, 2.05) is 6.92 Å². The van der Waals surface area contributed by atoms with Gasteiger partial charge in [0, 0.05) is 6.20 Å². The summed E-state index contributed by atoms with van der Waals surface area (Å²) in [6.07, 6.45) is 1.69. The standard InChI is InChI=1S/C9H8BrClN2O/c1-5-3-7(8(10)12-4-5)13-9(14)6(2)11/h3-4H,2H2,1H3,(H,13,14). The third-order valence-corrected chi connectivity index (χ3v) is 2.27. The van der Waals surface area contributed by atoms with Crippen LogP contribution in [0.4, 0.5) is 5.69 Å². The van der Waals surface area contributed by atoms with Gasteiger partial charge in [-0.05, 0) is 34.5 Å². The van der Waals surface area contributed by atoms with Crippen LogP contribution in [0, 0.1) is 6.92 Å². The number of amides is 1. The summed E-state index contributed by atoms with van der Waals surface area (Å²) in [5.41, 5.74) is 1.53. The van der Waals surface area contributed by atoms with Crippen LogP contribution in [-0.4, -0.2) is 10.9 Å². The summed E-state index contributed by atoms with van der Waals surface area (Å²) in [6.45, 7) is 5.20. The predicted molar refractivity (Wildman–Crippen MR) is 60.3 cm³/mol. The maximum atomic E-state index is 11.2. The summed E-state index contributed by atoms with van der Waals surface area (Å²) in [5, 5.41) is 2.51. The Bertz CT molecular complexity index is 392. The summed E-state index contributed by atoms with van der Waals surface area (Å²) in [4.78, 5) is 15.2. The Labute approximate surface area is 95.3 Å². The zero-order valence-electron chi connectivity index (χ0n) is 7.47. The van der Waals surface area contributed by atoms with E-state index in [-0.39, 0.29) is 5.03 Å². The SMILES string of the molecule is C=C(Cl)C(=O)Nc1cc(C)cnc1Br. The number of aromatic nitrogens is 1. The second kappa shape index (κ2) is 4.57. The second-order valence-electron chi connectivity index (χ2n) is 2.71. The maximum Gasteiger partial charge on any atom is 0.266 e. The van der Waals surface area contributed by atoms with Gasteiger partial charge in [-0.1, -0.05) is 18.2 Å². The number of anilines is 1. The lowest BCUT2D eigenvalue weighted by atomic mass is 10.3. The zero-order valence-corrected chi connectivity index (χ0v) is 9.82. The fourth-order valence-corrected chi connectivity index (χ4v) is 1.19. The van der Waals surface area contributed by atoms with Crippen LogP contribution in [0.25, 0.3) is 0 Å². The van der Waals surface area contributed by atoms with Gasteiger partial charge in [-0.15, -0.1) is 0 Å². The minimum absolute atomic E-state index is 0.0570. The molecule has 1 rings (SSSR count). The van der Waals surface area contributed by atoms with Crippen LogP contribution in [0.15, 0.2) is 28.5 Å². The van der Waals surface area contributed by atoms with E-state index < -0.39 is 5.91 Å². The molecule has 0 spiro atoms. The van der Waals surface area contributed by atoms with E-state index in [9.17, 15) is 4.79 Å². The van der Waals surface area contributed by atoms with Gasteiger partial charge in [0.05, 0.1) is 10.7 Å². The largest absolute Gasteiger partial charge is 0.319 e. The minimum Gasteiger partial charge on any atom is -0.319 e. The summed E-state index contributed by atoms with van der Waals surface area (Å²) >= 11 is 8.64. The Morgan fingerprint density at radius 2 is 2.36 bits per heavy atom. The first-order chi connectivity index (χ1) is 6.50. The van der Waals surface area contributed by atoms with Gasteiger partial charge in [0.1, 0.15) is 4.60 Å². The van der Waals surface area contributed by atoms with Crippen molar-refractivity contribution < 1.29 is 4.79 Å². The summed E-state index contributed by atoms with van der Waals surface area (Å²) < 4.78 is 0.564. The summed E-state index contributed by atoms with van der Waals surface area (Å²) in [6, 6.07) is 1.79. The molecule has 14 heavy (non-hydrogen) atoms. The van der Waals surface area contributed by atoms with Gasteiger partial charge >= 0.3 is 0 Å². The predicted octanol–water partition coefficient (Wildman–Crippen LogP) is 2.84. The molecule has 0 saturated heterocycles. The number of carbonyl (C=O) groups is 1. The third kappa shape index (κ3) is 2.82. The fraction of sp³-hybridized carbons (Fsp3) is 0.111. The van der Waals surface area contributed by atoms with Crippen LogP contribution < -0.4 is 5.32 Å². The molecule has 0 radical (unpaired) electrons. The Balaban J connectivity index is 2.91. The Hall–Kier alpha value is -0.870. The topological polar surface area (TPSA) is 42.0 Å². The van der Waals surface area contributed by atoms with Crippen LogP contribution in [-0.2, 0) is 4.79 Å². The second-order valence-corrected chi connectivity index (χ2v) is 3.92.